The van der Waals surface area contributed by atoms with E-state index in [1.807, 2.05) is 54.6 Å². The van der Waals surface area contributed by atoms with E-state index in [0.717, 1.165) is 16.8 Å². The van der Waals surface area contributed by atoms with Crippen molar-refractivity contribution in [2.24, 2.45) is 0 Å². The highest BCUT2D eigenvalue weighted by Gasteiger charge is 2.14. The number of benzene rings is 2. The summed E-state index contributed by atoms with van der Waals surface area (Å²) >= 11 is 0. The zero-order valence-corrected chi connectivity index (χ0v) is 11.5. The predicted octanol–water partition coefficient (Wildman–Crippen LogP) is 3.55. The highest BCUT2D eigenvalue weighted by Crippen LogP contribution is 2.22. The summed E-state index contributed by atoms with van der Waals surface area (Å²) in [6, 6.07) is 17.8. The van der Waals surface area contributed by atoms with Crippen molar-refractivity contribution >= 4 is 5.97 Å². The van der Waals surface area contributed by atoms with Gasteiger partial charge < -0.3 is 5.11 Å². The fourth-order valence-corrected chi connectivity index (χ4v) is 2.35. The number of carbonyl (C=O) groups is 1. The van der Waals surface area contributed by atoms with Crippen molar-refractivity contribution in [2.75, 3.05) is 0 Å². The molecule has 4 heteroatoms. The van der Waals surface area contributed by atoms with Gasteiger partial charge in [0.2, 0.25) is 0 Å². The molecular weight excluding hydrogens is 264 g/mol. The second kappa shape index (κ2) is 5.25. The maximum Gasteiger partial charge on any atom is 0.354 e. The van der Waals surface area contributed by atoms with Gasteiger partial charge in [-0.1, -0.05) is 42.5 Å². The van der Waals surface area contributed by atoms with Crippen LogP contribution in [-0.2, 0) is 0 Å². The monoisotopic (exact) mass is 278 g/mol. The van der Waals surface area contributed by atoms with E-state index >= 15 is 0 Å². The Bertz CT molecular complexity index is 774. The molecule has 0 saturated heterocycles. The lowest BCUT2D eigenvalue weighted by Crippen LogP contribution is -2.07. The Labute approximate surface area is 122 Å². The minimum atomic E-state index is -0.984. The molecule has 1 heterocycles. The molecule has 104 valence electrons. The smallest absolute Gasteiger partial charge is 0.354 e. The van der Waals surface area contributed by atoms with Crippen molar-refractivity contribution < 1.29 is 9.90 Å². The molecule has 0 fully saturated rings. The van der Waals surface area contributed by atoms with Crippen LogP contribution in [0, 0.1) is 6.92 Å². The largest absolute Gasteiger partial charge is 0.477 e. The standard InChI is InChI=1S/C17H14N2O2/c1-12-18-11-16(17(20)21)19(12)15-9-7-14(8-10-15)13-5-3-2-4-6-13/h2-11H,1H3,(H,20,21). The van der Waals surface area contributed by atoms with Crippen LogP contribution in [0.5, 0.6) is 0 Å². The van der Waals surface area contributed by atoms with Gasteiger partial charge in [-0.2, -0.15) is 0 Å². The van der Waals surface area contributed by atoms with Gasteiger partial charge in [-0.25, -0.2) is 9.78 Å². The molecule has 4 nitrogen and oxygen atoms in total. The van der Waals surface area contributed by atoms with Crippen LogP contribution in [0.1, 0.15) is 16.3 Å². The Balaban J connectivity index is 2.03. The van der Waals surface area contributed by atoms with Gasteiger partial charge in [0.25, 0.3) is 0 Å². The van der Waals surface area contributed by atoms with Gasteiger partial charge in [-0.05, 0) is 30.2 Å². The molecule has 3 aromatic rings. The number of nitrogens with zero attached hydrogens (tertiary/aromatic N) is 2. The molecular formula is C17H14N2O2. The summed E-state index contributed by atoms with van der Waals surface area (Å²) in [5.41, 5.74) is 3.18. The Morgan fingerprint density at radius 2 is 1.62 bits per heavy atom. The highest BCUT2D eigenvalue weighted by atomic mass is 16.4. The molecule has 0 atom stereocenters. The van der Waals surface area contributed by atoms with Crippen LogP contribution < -0.4 is 0 Å². The van der Waals surface area contributed by atoms with Gasteiger partial charge in [0.05, 0.1) is 6.20 Å². The summed E-state index contributed by atoms with van der Waals surface area (Å²) in [6.07, 6.45) is 1.38. The average molecular weight is 278 g/mol. The van der Waals surface area contributed by atoms with Crippen molar-refractivity contribution in [3.63, 3.8) is 0 Å². The van der Waals surface area contributed by atoms with E-state index in [1.54, 1.807) is 11.5 Å². The van der Waals surface area contributed by atoms with Crippen LogP contribution in [0.3, 0.4) is 0 Å². The number of aromatic nitrogens is 2. The summed E-state index contributed by atoms with van der Waals surface area (Å²) in [5.74, 6) is -0.331. The van der Waals surface area contributed by atoms with Gasteiger partial charge >= 0.3 is 5.97 Å². The van der Waals surface area contributed by atoms with E-state index < -0.39 is 5.97 Å². The number of rotatable bonds is 3. The highest BCUT2D eigenvalue weighted by molar-refractivity contribution is 5.86. The molecule has 0 radical (unpaired) electrons. The zero-order chi connectivity index (χ0) is 14.8. The van der Waals surface area contributed by atoms with Crippen LogP contribution in [0.15, 0.2) is 60.8 Å². The molecule has 0 spiro atoms. The molecule has 2 aromatic carbocycles. The number of aryl methyl sites for hydroxylation is 1. The number of aromatic carboxylic acids is 1. The van der Waals surface area contributed by atoms with Crippen LogP contribution in [0.2, 0.25) is 0 Å². The summed E-state index contributed by atoms with van der Waals surface area (Å²) in [4.78, 5) is 15.3. The molecule has 1 N–H and O–H groups in total. The third kappa shape index (κ3) is 2.43. The quantitative estimate of drug-likeness (QED) is 0.797. The fourth-order valence-electron chi connectivity index (χ4n) is 2.35. The van der Waals surface area contributed by atoms with Gasteiger partial charge in [-0.15, -0.1) is 0 Å². The second-order valence-electron chi connectivity index (χ2n) is 4.74. The minimum Gasteiger partial charge on any atom is -0.477 e. The Morgan fingerprint density at radius 3 is 2.24 bits per heavy atom. The maximum absolute atomic E-state index is 11.2. The lowest BCUT2D eigenvalue weighted by atomic mass is 10.1. The lowest BCUT2D eigenvalue weighted by molar-refractivity contribution is 0.0688. The van der Waals surface area contributed by atoms with Crippen LogP contribution in [0.25, 0.3) is 16.8 Å². The van der Waals surface area contributed by atoms with Crippen molar-refractivity contribution in [1.82, 2.24) is 9.55 Å². The zero-order valence-electron chi connectivity index (χ0n) is 11.5. The molecule has 0 saturated carbocycles. The Hall–Kier alpha value is -2.88. The Morgan fingerprint density at radius 1 is 1.00 bits per heavy atom. The van der Waals surface area contributed by atoms with Crippen LogP contribution >= 0.6 is 0 Å². The fraction of sp³-hybridized carbons (Fsp3) is 0.0588. The first-order valence-electron chi connectivity index (χ1n) is 6.60. The third-order valence-corrected chi connectivity index (χ3v) is 3.39. The van der Waals surface area contributed by atoms with Gasteiger partial charge in [0.1, 0.15) is 5.82 Å². The molecule has 21 heavy (non-hydrogen) atoms. The predicted molar refractivity (Wildman–Crippen MR) is 80.7 cm³/mol. The molecule has 0 amide bonds. The van der Waals surface area contributed by atoms with Crippen molar-refractivity contribution in [3.05, 3.63) is 72.3 Å². The topological polar surface area (TPSA) is 55.1 Å². The summed E-state index contributed by atoms with van der Waals surface area (Å²) in [7, 11) is 0. The molecule has 0 aliphatic carbocycles. The number of hydrogen-bond donors (Lipinski definition) is 1. The van der Waals surface area contributed by atoms with Crippen LogP contribution in [0.4, 0.5) is 0 Å². The first-order chi connectivity index (χ1) is 10.2. The molecule has 1 aromatic heterocycles. The molecule has 0 aliphatic rings. The normalized spacial score (nSPS) is 10.5. The van der Waals surface area contributed by atoms with E-state index in [4.69, 9.17) is 0 Å². The number of hydrogen-bond acceptors (Lipinski definition) is 2. The first-order valence-corrected chi connectivity index (χ1v) is 6.60. The van der Waals surface area contributed by atoms with Gasteiger partial charge in [0, 0.05) is 5.69 Å². The summed E-state index contributed by atoms with van der Waals surface area (Å²) in [6.45, 7) is 1.79. The van der Waals surface area contributed by atoms with Crippen LogP contribution in [-0.4, -0.2) is 20.6 Å². The van der Waals surface area contributed by atoms with E-state index in [9.17, 15) is 9.90 Å². The third-order valence-electron chi connectivity index (χ3n) is 3.39. The van der Waals surface area contributed by atoms with E-state index in [2.05, 4.69) is 4.98 Å². The van der Waals surface area contributed by atoms with Crippen molar-refractivity contribution in [3.8, 4) is 16.8 Å². The SMILES string of the molecule is Cc1ncc(C(=O)O)n1-c1ccc(-c2ccccc2)cc1. The Kier molecular flexibility index (Phi) is 3.28. The lowest BCUT2D eigenvalue weighted by Gasteiger charge is -2.09. The van der Waals surface area contributed by atoms with Crippen molar-refractivity contribution in [2.45, 2.75) is 6.92 Å². The van der Waals surface area contributed by atoms with Crippen molar-refractivity contribution in [1.29, 1.82) is 0 Å². The number of imidazole rings is 1. The van der Waals surface area contributed by atoms with Gasteiger partial charge in [0.15, 0.2) is 5.69 Å². The molecule has 0 unspecified atom stereocenters. The summed E-state index contributed by atoms with van der Waals surface area (Å²) < 4.78 is 1.64. The second-order valence-corrected chi connectivity index (χ2v) is 4.74. The minimum absolute atomic E-state index is 0.167. The summed E-state index contributed by atoms with van der Waals surface area (Å²) in [5, 5.41) is 9.21. The van der Waals surface area contributed by atoms with Gasteiger partial charge in [-0.3, -0.25) is 4.57 Å². The van der Waals surface area contributed by atoms with E-state index in [-0.39, 0.29) is 5.69 Å². The molecule has 3 rings (SSSR count). The van der Waals surface area contributed by atoms with E-state index in [1.165, 1.54) is 6.20 Å². The number of carboxylic acids is 1. The molecule has 0 bridgehead atoms. The molecule has 0 aliphatic heterocycles. The van der Waals surface area contributed by atoms with E-state index in [0.29, 0.717) is 5.82 Å². The number of carboxylic acid groups (broad SMARTS) is 1. The maximum atomic E-state index is 11.2. The first kappa shape index (κ1) is 13.1. The average Bonchev–Trinajstić information content (AvgIpc) is 2.90.